The minimum absolute atomic E-state index is 0.118. The minimum atomic E-state index is -4.76. The predicted molar refractivity (Wildman–Crippen MR) is 111 cm³/mol. The van der Waals surface area contributed by atoms with E-state index in [9.17, 15) is 26.7 Å². The highest BCUT2D eigenvalue weighted by Crippen LogP contribution is 2.38. The monoisotopic (exact) mass is 469 g/mol. The standard InChI is InChI=1S/C20H22F3N5O3S/c1-11-17-25-14-6-5-12(32(4,30)31)9-15(14)28(17)8-7-27(11)18-24-10-13(19(2,3)29)16(26-18)20(21,22)23/h5-6,9-11,29H,7-8H2,1-4H3. The van der Waals surface area contributed by atoms with Crippen molar-refractivity contribution in [2.75, 3.05) is 17.7 Å². The van der Waals surface area contributed by atoms with Crippen LogP contribution in [0.15, 0.2) is 29.3 Å². The molecule has 172 valence electrons. The summed E-state index contributed by atoms with van der Waals surface area (Å²) < 4.78 is 66.6. The maximum absolute atomic E-state index is 13.7. The number of alkyl halides is 3. The van der Waals surface area contributed by atoms with Crippen LogP contribution in [-0.2, 0) is 28.2 Å². The highest BCUT2D eigenvalue weighted by Gasteiger charge is 2.41. The summed E-state index contributed by atoms with van der Waals surface area (Å²) in [5.74, 6) is 0.452. The van der Waals surface area contributed by atoms with E-state index >= 15 is 0 Å². The Labute approximate surface area is 182 Å². The van der Waals surface area contributed by atoms with Gasteiger partial charge in [0.25, 0.3) is 0 Å². The Morgan fingerprint density at radius 2 is 1.84 bits per heavy atom. The van der Waals surface area contributed by atoms with Crippen LogP contribution >= 0.6 is 0 Å². The molecule has 1 atom stereocenters. The van der Waals surface area contributed by atoms with Gasteiger partial charge in [0, 0.05) is 31.1 Å². The Hall–Kier alpha value is -2.73. The lowest BCUT2D eigenvalue weighted by Crippen LogP contribution is -2.39. The Kier molecular flexibility index (Phi) is 5.01. The molecule has 32 heavy (non-hydrogen) atoms. The van der Waals surface area contributed by atoms with Gasteiger partial charge in [0.2, 0.25) is 5.95 Å². The quantitative estimate of drug-likeness (QED) is 0.629. The van der Waals surface area contributed by atoms with Gasteiger partial charge >= 0.3 is 6.18 Å². The van der Waals surface area contributed by atoms with E-state index in [-0.39, 0.29) is 10.8 Å². The maximum Gasteiger partial charge on any atom is 0.433 e. The number of hydrogen-bond donors (Lipinski definition) is 1. The van der Waals surface area contributed by atoms with Gasteiger partial charge in [0.1, 0.15) is 5.82 Å². The summed E-state index contributed by atoms with van der Waals surface area (Å²) in [6.45, 7) is 4.92. The molecule has 0 fully saturated rings. The molecule has 0 saturated heterocycles. The third-order valence-electron chi connectivity index (χ3n) is 5.54. The third kappa shape index (κ3) is 3.81. The van der Waals surface area contributed by atoms with Crippen LogP contribution in [0.1, 0.15) is 43.9 Å². The zero-order chi connectivity index (χ0) is 23.6. The topological polar surface area (TPSA) is 101 Å². The van der Waals surface area contributed by atoms with Gasteiger partial charge in [-0.15, -0.1) is 0 Å². The summed E-state index contributed by atoms with van der Waals surface area (Å²) in [5, 5.41) is 10.1. The van der Waals surface area contributed by atoms with Crippen LogP contribution in [-0.4, -0.2) is 45.8 Å². The highest BCUT2D eigenvalue weighted by atomic mass is 32.2. The van der Waals surface area contributed by atoms with E-state index in [1.54, 1.807) is 24.0 Å². The lowest BCUT2D eigenvalue weighted by molar-refractivity contribution is -0.144. The summed E-state index contributed by atoms with van der Waals surface area (Å²) in [5.41, 5.74) is -2.11. The first-order valence-corrected chi connectivity index (χ1v) is 11.7. The Bertz CT molecular complexity index is 1310. The average molecular weight is 469 g/mol. The zero-order valence-electron chi connectivity index (χ0n) is 17.8. The third-order valence-corrected chi connectivity index (χ3v) is 6.65. The molecule has 1 unspecified atom stereocenters. The minimum Gasteiger partial charge on any atom is -0.386 e. The number of benzene rings is 1. The SMILES string of the molecule is CC1c2nc3ccc(S(C)(=O)=O)cc3n2CCN1c1ncc(C(C)(C)O)c(C(F)(F)F)n1. The van der Waals surface area contributed by atoms with Crippen molar-refractivity contribution in [2.24, 2.45) is 0 Å². The van der Waals surface area contributed by atoms with E-state index in [4.69, 9.17) is 0 Å². The van der Waals surface area contributed by atoms with Crippen molar-refractivity contribution in [1.29, 1.82) is 0 Å². The molecule has 8 nitrogen and oxygen atoms in total. The Morgan fingerprint density at radius 3 is 2.44 bits per heavy atom. The molecular formula is C20H22F3N5O3S. The predicted octanol–water partition coefficient (Wildman–Crippen LogP) is 3.06. The smallest absolute Gasteiger partial charge is 0.386 e. The largest absolute Gasteiger partial charge is 0.433 e. The molecule has 1 aromatic carbocycles. The molecule has 0 spiro atoms. The molecular weight excluding hydrogens is 447 g/mol. The average Bonchev–Trinajstić information content (AvgIpc) is 3.05. The highest BCUT2D eigenvalue weighted by molar-refractivity contribution is 7.90. The second-order valence-corrected chi connectivity index (χ2v) is 10.4. The number of imidazole rings is 1. The van der Waals surface area contributed by atoms with Crippen molar-refractivity contribution in [3.05, 3.63) is 41.5 Å². The lowest BCUT2D eigenvalue weighted by atomic mass is 9.98. The fourth-order valence-corrected chi connectivity index (χ4v) is 4.54. The van der Waals surface area contributed by atoms with Crippen molar-refractivity contribution < 1.29 is 26.7 Å². The number of aromatic nitrogens is 4. The summed E-state index contributed by atoms with van der Waals surface area (Å²) >= 11 is 0. The molecule has 1 aliphatic heterocycles. The molecule has 1 aliphatic rings. The van der Waals surface area contributed by atoms with Crippen molar-refractivity contribution >= 4 is 26.8 Å². The molecule has 3 aromatic rings. The second kappa shape index (κ2) is 7.14. The van der Waals surface area contributed by atoms with Gasteiger partial charge in [0.05, 0.1) is 27.6 Å². The number of fused-ring (bicyclic) bond motifs is 3. The normalized spacial score (nSPS) is 17.6. The van der Waals surface area contributed by atoms with Gasteiger partial charge in [0.15, 0.2) is 15.5 Å². The van der Waals surface area contributed by atoms with Gasteiger partial charge in [-0.1, -0.05) is 0 Å². The summed E-state index contributed by atoms with van der Waals surface area (Å²) in [6, 6.07) is 4.18. The molecule has 2 aromatic heterocycles. The number of halogens is 3. The van der Waals surface area contributed by atoms with E-state index < -0.39 is 38.9 Å². The van der Waals surface area contributed by atoms with Gasteiger partial charge in [-0.2, -0.15) is 13.2 Å². The molecule has 0 amide bonds. The van der Waals surface area contributed by atoms with Crippen LogP contribution in [0, 0.1) is 0 Å². The van der Waals surface area contributed by atoms with E-state index in [2.05, 4.69) is 15.0 Å². The first kappa shape index (κ1) is 22.5. The Morgan fingerprint density at radius 1 is 1.16 bits per heavy atom. The first-order valence-electron chi connectivity index (χ1n) is 9.82. The molecule has 0 bridgehead atoms. The fraction of sp³-hybridized carbons (Fsp3) is 0.450. The van der Waals surface area contributed by atoms with Gasteiger partial charge in [-0.05, 0) is 39.0 Å². The molecule has 4 rings (SSSR count). The van der Waals surface area contributed by atoms with Crippen molar-refractivity contribution in [3.63, 3.8) is 0 Å². The molecule has 0 aliphatic carbocycles. The van der Waals surface area contributed by atoms with Crippen LogP contribution in [0.5, 0.6) is 0 Å². The van der Waals surface area contributed by atoms with E-state index in [0.29, 0.717) is 29.9 Å². The molecule has 3 heterocycles. The Balaban J connectivity index is 1.78. The second-order valence-electron chi connectivity index (χ2n) is 8.40. The molecule has 12 heteroatoms. The number of nitrogens with zero attached hydrogens (tertiary/aromatic N) is 5. The van der Waals surface area contributed by atoms with Gasteiger partial charge < -0.3 is 14.6 Å². The van der Waals surface area contributed by atoms with Crippen LogP contribution in [0.25, 0.3) is 11.0 Å². The molecule has 0 radical (unpaired) electrons. The van der Waals surface area contributed by atoms with Crippen LogP contribution < -0.4 is 4.90 Å². The number of sulfone groups is 1. The van der Waals surface area contributed by atoms with E-state index in [1.165, 1.54) is 19.9 Å². The van der Waals surface area contributed by atoms with Crippen molar-refractivity contribution in [1.82, 2.24) is 19.5 Å². The van der Waals surface area contributed by atoms with Crippen LogP contribution in [0.4, 0.5) is 19.1 Å². The van der Waals surface area contributed by atoms with Gasteiger partial charge in [-0.25, -0.2) is 23.4 Å². The van der Waals surface area contributed by atoms with Crippen LogP contribution in [0.3, 0.4) is 0 Å². The summed E-state index contributed by atoms with van der Waals surface area (Å²) in [6.07, 6.45) is -2.63. The first-order chi connectivity index (χ1) is 14.7. The molecule has 1 N–H and O–H groups in total. The summed E-state index contributed by atoms with van der Waals surface area (Å²) in [7, 11) is -3.40. The maximum atomic E-state index is 13.7. The van der Waals surface area contributed by atoms with Gasteiger partial charge in [-0.3, -0.25) is 0 Å². The summed E-state index contributed by atoms with van der Waals surface area (Å²) in [4.78, 5) is 14.2. The van der Waals surface area contributed by atoms with Crippen molar-refractivity contribution in [2.45, 2.75) is 50.0 Å². The van der Waals surface area contributed by atoms with E-state index in [1.807, 2.05) is 4.57 Å². The number of anilines is 1. The molecule has 0 saturated carbocycles. The zero-order valence-corrected chi connectivity index (χ0v) is 18.7. The van der Waals surface area contributed by atoms with Crippen LogP contribution in [0.2, 0.25) is 0 Å². The number of aliphatic hydroxyl groups is 1. The van der Waals surface area contributed by atoms with E-state index in [0.717, 1.165) is 12.5 Å². The van der Waals surface area contributed by atoms with Crippen molar-refractivity contribution in [3.8, 4) is 0 Å². The fourth-order valence-electron chi connectivity index (χ4n) is 3.89. The number of rotatable bonds is 3. The lowest BCUT2D eigenvalue weighted by Gasteiger charge is -2.34. The number of hydrogen-bond acceptors (Lipinski definition) is 7.